The molecule has 3 heterocycles. The smallest absolute Gasteiger partial charge is 0.123 e. The van der Waals surface area contributed by atoms with Crippen molar-refractivity contribution in [1.29, 1.82) is 0 Å². The van der Waals surface area contributed by atoms with Crippen molar-refractivity contribution in [3.63, 3.8) is 0 Å². The second-order valence-corrected chi connectivity index (χ2v) is 8.18. The minimum Gasteiger partial charge on any atom is -0.342 e. The fourth-order valence-electron chi connectivity index (χ4n) is 4.33. The molecule has 31 heavy (non-hydrogen) atoms. The van der Waals surface area contributed by atoms with E-state index in [2.05, 4.69) is 45.2 Å². The molecule has 5 rings (SSSR count). The van der Waals surface area contributed by atoms with Crippen molar-refractivity contribution < 1.29 is 4.39 Å². The summed E-state index contributed by atoms with van der Waals surface area (Å²) in [4.78, 5) is 15.2. The van der Waals surface area contributed by atoms with Crippen LogP contribution in [0.4, 0.5) is 4.39 Å². The monoisotopic (exact) mass is 412 g/mol. The molecule has 4 nitrogen and oxygen atoms in total. The molecule has 0 bridgehead atoms. The van der Waals surface area contributed by atoms with E-state index in [1.54, 1.807) is 6.07 Å². The van der Waals surface area contributed by atoms with Crippen LogP contribution in [0.15, 0.2) is 79.1 Å². The molecule has 1 aliphatic heterocycles. The van der Waals surface area contributed by atoms with E-state index < -0.39 is 0 Å². The fourth-order valence-corrected chi connectivity index (χ4v) is 4.33. The standard InChI is InChI=1S/C26H25FN4/c27-23-10-4-8-20(14-23)24-12-11-21(15-28-24)25-16-29-26(30-25)22-9-5-13-31(18-22)17-19-6-2-1-3-7-19/h1-4,6-8,10-12,14-16,22H,5,9,13,17-18H2,(H,29,30). The number of aromatic amines is 1. The van der Waals surface area contributed by atoms with Gasteiger partial charge in [-0.3, -0.25) is 9.88 Å². The predicted octanol–water partition coefficient (Wildman–Crippen LogP) is 5.66. The molecule has 156 valence electrons. The van der Waals surface area contributed by atoms with Gasteiger partial charge in [-0.2, -0.15) is 0 Å². The lowest BCUT2D eigenvalue weighted by molar-refractivity contribution is 0.197. The molecule has 1 unspecified atom stereocenters. The molecule has 1 fully saturated rings. The minimum atomic E-state index is -0.254. The van der Waals surface area contributed by atoms with Gasteiger partial charge in [0.1, 0.15) is 11.6 Å². The van der Waals surface area contributed by atoms with Crippen LogP contribution in [0.1, 0.15) is 30.1 Å². The third-order valence-corrected chi connectivity index (χ3v) is 5.93. The van der Waals surface area contributed by atoms with Crippen LogP contribution >= 0.6 is 0 Å². The van der Waals surface area contributed by atoms with Crippen LogP contribution < -0.4 is 0 Å². The summed E-state index contributed by atoms with van der Waals surface area (Å²) in [5, 5.41) is 0. The first kappa shape index (κ1) is 19.6. The molecule has 5 heteroatoms. The van der Waals surface area contributed by atoms with E-state index in [1.165, 1.54) is 24.1 Å². The van der Waals surface area contributed by atoms with Crippen molar-refractivity contribution in [3.05, 3.63) is 96.3 Å². The van der Waals surface area contributed by atoms with Crippen LogP contribution in [0.3, 0.4) is 0 Å². The molecule has 0 saturated carbocycles. The number of pyridine rings is 1. The highest BCUT2D eigenvalue weighted by Gasteiger charge is 2.23. The average Bonchev–Trinajstić information content (AvgIpc) is 3.31. The van der Waals surface area contributed by atoms with E-state index in [0.717, 1.165) is 54.4 Å². The summed E-state index contributed by atoms with van der Waals surface area (Å²) in [6.45, 7) is 3.12. The number of likely N-dealkylation sites (tertiary alicyclic amines) is 1. The maximum absolute atomic E-state index is 13.5. The summed E-state index contributed by atoms with van der Waals surface area (Å²) in [5.74, 6) is 1.20. The predicted molar refractivity (Wildman–Crippen MR) is 121 cm³/mol. The normalized spacial score (nSPS) is 17.0. The Labute approximate surface area is 181 Å². The quantitative estimate of drug-likeness (QED) is 0.460. The topological polar surface area (TPSA) is 44.8 Å². The molecule has 1 saturated heterocycles. The molecular weight excluding hydrogens is 387 g/mol. The number of H-pyrrole nitrogens is 1. The van der Waals surface area contributed by atoms with Crippen LogP contribution in [0.25, 0.3) is 22.5 Å². The van der Waals surface area contributed by atoms with E-state index in [9.17, 15) is 4.39 Å². The highest BCUT2D eigenvalue weighted by atomic mass is 19.1. The lowest BCUT2D eigenvalue weighted by Gasteiger charge is -2.31. The Morgan fingerprint density at radius 1 is 0.935 bits per heavy atom. The molecule has 2 aromatic heterocycles. The average molecular weight is 413 g/mol. The van der Waals surface area contributed by atoms with Crippen LogP contribution in [-0.4, -0.2) is 32.9 Å². The summed E-state index contributed by atoms with van der Waals surface area (Å²) in [6.07, 6.45) is 6.04. The largest absolute Gasteiger partial charge is 0.342 e. The van der Waals surface area contributed by atoms with Gasteiger partial charge in [-0.1, -0.05) is 42.5 Å². The summed E-state index contributed by atoms with van der Waals surface area (Å²) >= 11 is 0. The number of hydrogen-bond donors (Lipinski definition) is 1. The Hall–Kier alpha value is -3.31. The molecule has 4 aromatic rings. The maximum Gasteiger partial charge on any atom is 0.123 e. The number of hydrogen-bond acceptors (Lipinski definition) is 3. The van der Waals surface area contributed by atoms with Crippen molar-refractivity contribution >= 4 is 0 Å². The Kier molecular flexibility index (Phi) is 5.59. The van der Waals surface area contributed by atoms with Gasteiger partial charge in [-0.25, -0.2) is 9.37 Å². The molecule has 2 aromatic carbocycles. The summed E-state index contributed by atoms with van der Waals surface area (Å²) in [6, 6.07) is 21.1. The van der Waals surface area contributed by atoms with Crippen molar-refractivity contribution in [2.75, 3.05) is 13.1 Å². The number of benzene rings is 2. The van der Waals surface area contributed by atoms with E-state index in [4.69, 9.17) is 4.98 Å². The van der Waals surface area contributed by atoms with Gasteiger partial charge in [-0.15, -0.1) is 0 Å². The van der Waals surface area contributed by atoms with Gasteiger partial charge in [-0.05, 0) is 49.2 Å². The molecule has 1 aliphatic rings. The highest BCUT2D eigenvalue weighted by Crippen LogP contribution is 2.28. The first-order chi connectivity index (χ1) is 15.2. The summed E-state index contributed by atoms with van der Waals surface area (Å²) in [5.41, 5.74) is 4.83. The molecule has 0 spiro atoms. The minimum absolute atomic E-state index is 0.254. The number of rotatable bonds is 5. The van der Waals surface area contributed by atoms with Gasteiger partial charge in [0.2, 0.25) is 0 Å². The van der Waals surface area contributed by atoms with E-state index >= 15 is 0 Å². The van der Waals surface area contributed by atoms with Crippen molar-refractivity contribution in [2.45, 2.75) is 25.3 Å². The first-order valence-electron chi connectivity index (χ1n) is 10.8. The number of halogens is 1. The zero-order chi connectivity index (χ0) is 21.0. The second-order valence-electron chi connectivity index (χ2n) is 8.18. The lowest BCUT2D eigenvalue weighted by atomic mass is 9.97. The SMILES string of the molecule is Fc1cccc(-c2ccc(-c3cnc(C4CCCN(Cc5ccccc5)C4)[nH]3)cn2)c1. The molecule has 0 radical (unpaired) electrons. The Morgan fingerprint density at radius 2 is 1.84 bits per heavy atom. The van der Waals surface area contributed by atoms with Crippen molar-refractivity contribution in [1.82, 2.24) is 19.9 Å². The van der Waals surface area contributed by atoms with Crippen molar-refractivity contribution in [3.8, 4) is 22.5 Å². The van der Waals surface area contributed by atoms with Gasteiger partial charge in [0.15, 0.2) is 0 Å². The Balaban J connectivity index is 1.28. The number of nitrogens with zero attached hydrogens (tertiary/aromatic N) is 3. The zero-order valence-corrected chi connectivity index (χ0v) is 17.3. The van der Waals surface area contributed by atoms with Gasteiger partial charge in [0.05, 0.1) is 17.6 Å². The fraction of sp³-hybridized carbons (Fsp3) is 0.231. The van der Waals surface area contributed by atoms with E-state index in [-0.39, 0.29) is 5.82 Å². The van der Waals surface area contributed by atoms with Crippen LogP contribution in [0.5, 0.6) is 0 Å². The van der Waals surface area contributed by atoms with E-state index in [1.807, 2.05) is 30.6 Å². The summed E-state index contributed by atoms with van der Waals surface area (Å²) in [7, 11) is 0. The molecule has 0 amide bonds. The number of piperidine rings is 1. The van der Waals surface area contributed by atoms with Gasteiger partial charge >= 0.3 is 0 Å². The zero-order valence-electron chi connectivity index (χ0n) is 17.3. The van der Waals surface area contributed by atoms with Crippen LogP contribution in [-0.2, 0) is 6.54 Å². The first-order valence-corrected chi connectivity index (χ1v) is 10.8. The Bertz CT molecular complexity index is 1140. The van der Waals surface area contributed by atoms with Crippen LogP contribution in [0.2, 0.25) is 0 Å². The maximum atomic E-state index is 13.5. The third-order valence-electron chi connectivity index (χ3n) is 5.93. The van der Waals surface area contributed by atoms with Gasteiger partial charge in [0.25, 0.3) is 0 Å². The Morgan fingerprint density at radius 3 is 2.65 bits per heavy atom. The molecular formula is C26H25FN4. The van der Waals surface area contributed by atoms with Crippen molar-refractivity contribution in [2.24, 2.45) is 0 Å². The van der Waals surface area contributed by atoms with E-state index in [0.29, 0.717) is 5.92 Å². The number of aromatic nitrogens is 3. The highest BCUT2D eigenvalue weighted by molar-refractivity contribution is 5.64. The number of nitrogens with one attached hydrogen (secondary N) is 1. The summed E-state index contributed by atoms with van der Waals surface area (Å²) < 4.78 is 13.5. The molecule has 0 aliphatic carbocycles. The third kappa shape index (κ3) is 4.57. The van der Waals surface area contributed by atoms with Crippen LogP contribution in [0, 0.1) is 5.82 Å². The lowest BCUT2D eigenvalue weighted by Crippen LogP contribution is -2.34. The van der Waals surface area contributed by atoms with Gasteiger partial charge < -0.3 is 4.98 Å². The molecule has 1 atom stereocenters. The molecule has 1 N–H and O–H groups in total. The number of imidazole rings is 1. The second kappa shape index (κ2) is 8.82. The van der Waals surface area contributed by atoms with Gasteiger partial charge in [0, 0.05) is 36.3 Å².